The summed E-state index contributed by atoms with van der Waals surface area (Å²) >= 11 is 0. The van der Waals surface area contributed by atoms with Crippen LogP contribution in [0, 0.1) is 0 Å². The van der Waals surface area contributed by atoms with Crippen molar-refractivity contribution < 1.29 is 13.2 Å². The van der Waals surface area contributed by atoms with Crippen molar-refractivity contribution in [2.45, 2.75) is 25.8 Å². The predicted molar refractivity (Wildman–Crippen MR) is 101 cm³/mol. The Bertz CT molecular complexity index is 777. The Morgan fingerprint density at radius 2 is 1.60 bits per heavy atom. The van der Waals surface area contributed by atoms with Gasteiger partial charge in [0, 0.05) is 6.54 Å². The van der Waals surface area contributed by atoms with Gasteiger partial charge in [-0.1, -0.05) is 48.5 Å². The molecule has 2 rings (SSSR count). The number of benzene rings is 2. The number of hydrogen-bond donors (Lipinski definition) is 1. The molecule has 2 aromatic carbocycles. The molecule has 1 N–H and O–H groups in total. The van der Waals surface area contributed by atoms with E-state index in [9.17, 15) is 13.2 Å². The minimum absolute atomic E-state index is 0.303. The van der Waals surface area contributed by atoms with E-state index < -0.39 is 16.1 Å². The molecule has 0 fully saturated rings. The van der Waals surface area contributed by atoms with Crippen molar-refractivity contribution in [3.63, 3.8) is 0 Å². The average Bonchev–Trinajstić information content (AvgIpc) is 2.59. The summed E-state index contributed by atoms with van der Waals surface area (Å²) in [7, 11) is -3.56. The monoisotopic (exact) mass is 360 g/mol. The van der Waals surface area contributed by atoms with E-state index in [0.717, 1.165) is 23.4 Å². The molecular weight excluding hydrogens is 336 g/mol. The SMILES string of the molecule is C[C@@H](C(=O)NCCCc1ccccc1)N(c1ccccc1)S(C)(=O)=O. The molecule has 134 valence electrons. The number of carbonyl (C=O) groups excluding carboxylic acids is 1. The number of rotatable bonds is 8. The number of nitrogens with zero attached hydrogens (tertiary/aromatic N) is 1. The van der Waals surface area contributed by atoms with Gasteiger partial charge in [-0.05, 0) is 37.5 Å². The van der Waals surface area contributed by atoms with E-state index in [4.69, 9.17) is 0 Å². The molecule has 1 atom stereocenters. The molecule has 2 aromatic rings. The molecule has 0 spiro atoms. The topological polar surface area (TPSA) is 66.5 Å². The van der Waals surface area contributed by atoms with Gasteiger partial charge in [-0.15, -0.1) is 0 Å². The van der Waals surface area contributed by atoms with Crippen molar-refractivity contribution in [2.75, 3.05) is 17.1 Å². The Hall–Kier alpha value is -2.34. The molecule has 0 radical (unpaired) electrons. The summed E-state index contributed by atoms with van der Waals surface area (Å²) in [5.41, 5.74) is 1.70. The van der Waals surface area contributed by atoms with Crippen LogP contribution in [0.5, 0.6) is 0 Å². The van der Waals surface area contributed by atoms with Crippen LogP contribution in [0.15, 0.2) is 60.7 Å². The van der Waals surface area contributed by atoms with Gasteiger partial charge in [0.2, 0.25) is 15.9 Å². The van der Waals surface area contributed by atoms with Gasteiger partial charge < -0.3 is 5.32 Å². The Morgan fingerprint density at radius 1 is 1.04 bits per heavy atom. The first kappa shape index (κ1) is 19.0. The molecule has 0 bridgehead atoms. The number of anilines is 1. The lowest BCUT2D eigenvalue weighted by atomic mass is 10.1. The van der Waals surface area contributed by atoms with Gasteiger partial charge in [0.05, 0.1) is 11.9 Å². The van der Waals surface area contributed by atoms with Gasteiger partial charge in [-0.25, -0.2) is 8.42 Å². The summed E-state index contributed by atoms with van der Waals surface area (Å²) in [6.07, 6.45) is 2.77. The van der Waals surface area contributed by atoms with E-state index in [2.05, 4.69) is 5.32 Å². The predicted octanol–water partition coefficient (Wildman–Crippen LogP) is 2.59. The molecule has 0 unspecified atom stereocenters. The summed E-state index contributed by atoms with van der Waals surface area (Å²) in [5, 5.41) is 2.83. The van der Waals surface area contributed by atoms with Crippen LogP contribution in [0.1, 0.15) is 18.9 Å². The van der Waals surface area contributed by atoms with Gasteiger partial charge in [0.25, 0.3) is 0 Å². The second-order valence-corrected chi connectivity index (χ2v) is 7.81. The van der Waals surface area contributed by atoms with Crippen LogP contribution in [0.25, 0.3) is 0 Å². The van der Waals surface area contributed by atoms with Crippen molar-refractivity contribution in [1.82, 2.24) is 5.32 Å². The average molecular weight is 360 g/mol. The maximum Gasteiger partial charge on any atom is 0.243 e. The minimum Gasteiger partial charge on any atom is -0.354 e. The van der Waals surface area contributed by atoms with Gasteiger partial charge in [-0.2, -0.15) is 0 Å². The number of hydrogen-bond acceptors (Lipinski definition) is 3. The number of nitrogens with one attached hydrogen (secondary N) is 1. The van der Waals surface area contributed by atoms with Crippen molar-refractivity contribution in [1.29, 1.82) is 0 Å². The summed E-state index contributed by atoms with van der Waals surface area (Å²) in [4.78, 5) is 12.4. The van der Waals surface area contributed by atoms with E-state index in [1.807, 2.05) is 30.3 Å². The first-order chi connectivity index (χ1) is 11.9. The normalized spacial score (nSPS) is 12.4. The van der Waals surface area contributed by atoms with Gasteiger partial charge in [0.15, 0.2) is 0 Å². The molecule has 1 amide bonds. The number of carbonyl (C=O) groups is 1. The Kier molecular flexibility index (Phi) is 6.58. The smallest absolute Gasteiger partial charge is 0.243 e. The lowest BCUT2D eigenvalue weighted by molar-refractivity contribution is -0.121. The minimum atomic E-state index is -3.56. The van der Waals surface area contributed by atoms with Crippen LogP contribution in [0.2, 0.25) is 0 Å². The van der Waals surface area contributed by atoms with Crippen molar-refractivity contribution >= 4 is 21.6 Å². The molecule has 0 aliphatic rings. The fraction of sp³-hybridized carbons (Fsp3) is 0.316. The lowest BCUT2D eigenvalue weighted by Crippen LogP contribution is -2.48. The highest BCUT2D eigenvalue weighted by molar-refractivity contribution is 7.92. The lowest BCUT2D eigenvalue weighted by Gasteiger charge is -2.28. The quantitative estimate of drug-likeness (QED) is 0.736. The van der Waals surface area contributed by atoms with Crippen molar-refractivity contribution in [3.05, 3.63) is 66.2 Å². The molecule has 0 aliphatic carbocycles. The standard InChI is InChI=1S/C19H24N2O3S/c1-16(21(25(2,23)24)18-13-7-4-8-14-18)19(22)20-15-9-12-17-10-5-3-6-11-17/h3-8,10-11,13-14,16H,9,12,15H2,1-2H3,(H,20,22)/t16-/m0/s1. The summed E-state index contributed by atoms with van der Waals surface area (Å²) < 4.78 is 25.4. The fourth-order valence-electron chi connectivity index (χ4n) is 2.68. The second kappa shape index (κ2) is 8.67. The van der Waals surface area contributed by atoms with Crippen molar-refractivity contribution in [2.24, 2.45) is 0 Å². The molecular formula is C19H24N2O3S. The highest BCUT2D eigenvalue weighted by Gasteiger charge is 2.28. The second-order valence-electron chi connectivity index (χ2n) is 5.95. The van der Waals surface area contributed by atoms with E-state index in [-0.39, 0.29) is 5.91 Å². The van der Waals surface area contributed by atoms with Gasteiger partial charge >= 0.3 is 0 Å². The van der Waals surface area contributed by atoms with Gasteiger partial charge in [-0.3, -0.25) is 9.10 Å². The summed E-state index contributed by atoms with van der Waals surface area (Å²) in [6.45, 7) is 2.10. The molecule has 0 aromatic heterocycles. The number of para-hydroxylation sites is 1. The van der Waals surface area contributed by atoms with Crippen LogP contribution in [-0.2, 0) is 21.2 Å². The zero-order chi connectivity index (χ0) is 18.3. The maximum atomic E-state index is 12.4. The third-order valence-electron chi connectivity index (χ3n) is 3.88. The first-order valence-corrected chi connectivity index (χ1v) is 10.1. The van der Waals surface area contributed by atoms with Crippen LogP contribution < -0.4 is 9.62 Å². The number of aryl methyl sites for hydroxylation is 1. The van der Waals surface area contributed by atoms with Crippen LogP contribution in [-0.4, -0.2) is 33.2 Å². The Labute approximate surface area is 149 Å². The summed E-state index contributed by atoms with van der Waals surface area (Å²) in [5.74, 6) is -0.303. The van der Waals surface area contributed by atoms with Crippen LogP contribution in [0.3, 0.4) is 0 Å². The molecule has 6 heteroatoms. The number of sulfonamides is 1. The van der Waals surface area contributed by atoms with Crippen molar-refractivity contribution in [3.8, 4) is 0 Å². The van der Waals surface area contributed by atoms with E-state index in [1.165, 1.54) is 5.56 Å². The van der Waals surface area contributed by atoms with E-state index >= 15 is 0 Å². The largest absolute Gasteiger partial charge is 0.354 e. The molecule has 5 nitrogen and oxygen atoms in total. The first-order valence-electron chi connectivity index (χ1n) is 8.25. The zero-order valence-electron chi connectivity index (χ0n) is 14.6. The van der Waals surface area contributed by atoms with Crippen LogP contribution >= 0.6 is 0 Å². The zero-order valence-corrected chi connectivity index (χ0v) is 15.4. The Balaban J connectivity index is 1.94. The summed E-state index contributed by atoms with van der Waals surface area (Å²) in [6, 6.07) is 17.9. The van der Waals surface area contributed by atoms with Gasteiger partial charge in [0.1, 0.15) is 6.04 Å². The third kappa shape index (κ3) is 5.60. The molecule has 0 heterocycles. The molecule has 0 aliphatic heterocycles. The highest BCUT2D eigenvalue weighted by Crippen LogP contribution is 2.20. The maximum absolute atomic E-state index is 12.4. The molecule has 0 saturated heterocycles. The van der Waals surface area contributed by atoms with E-state index in [0.29, 0.717) is 12.2 Å². The molecule has 0 saturated carbocycles. The molecule has 25 heavy (non-hydrogen) atoms. The number of amides is 1. The Morgan fingerprint density at radius 3 is 2.16 bits per heavy atom. The third-order valence-corrected chi connectivity index (χ3v) is 5.13. The highest BCUT2D eigenvalue weighted by atomic mass is 32.2. The van der Waals surface area contributed by atoms with E-state index in [1.54, 1.807) is 37.3 Å². The van der Waals surface area contributed by atoms with Crippen LogP contribution in [0.4, 0.5) is 5.69 Å². The fourth-order valence-corrected chi connectivity index (χ4v) is 3.86.